The molecule has 0 unspecified atom stereocenters. The fourth-order valence-electron chi connectivity index (χ4n) is 3.49. The van der Waals surface area contributed by atoms with Crippen molar-refractivity contribution >= 4 is 40.4 Å². The van der Waals surface area contributed by atoms with Gasteiger partial charge < -0.3 is 5.32 Å². The maximum Gasteiger partial charge on any atom is 0.282 e. The zero-order valence-corrected chi connectivity index (χ0v) is 17.1. The van der Waals surface area contributed by atoms with Crippen LogP contribution in [0.3, 0.4) is 0 Å². The smallest absolute Gasteiger partial charge is 0.282 e. The molecule has 1 aliphatic rings. The molecule has 1 heterocycles. The Morgan fingerprint density at radius 3 is 2.30 bits per heavy atom. The molecule has 6 heteroatoms. The molecule has 4 nitrogen and oxygen atoms in total. The Morgan fingerprint density at radius 1 is 0.900 bits per heavy atom. The summed E-state index contributed by atoms with van der Waals surface area (Å²) < 4.78 is 13.5. The molecule has 1 aliphatic heterocycles. The van der Waals surface area contributed by atoms with E-state index in [1.54, 1.807) is 25.1 Å². The number of rotatable bonds is 4. The quantitative estimate of drug-likeness (QED) is 0.567. The first kappa shape index (κ1) is 19.9. The van der Waals surface area contributed by atoms with Crippen LogP contribution in [0.4, 0.5) is 15.8 Å². The zero-order chi connectivity index (χ0) is 21.4. The van der Waals surface area contributed by atoms with E-state index in [-0.39, 0.29) is 11.3 Å². The summed E-state index contributed by atoms with van der Waals surface area (Å²) in [5.74, 6) is -1.38. The maximum atomic E-state index is 13.5. The minimum Gasteiger partial charge on any atom is -0.350 e. The molecule has 0 radical (unpaired) electrons. The van der Waals surface area contributed by atoms with Crippen molar-refractivity contribution < 1.29 is 14.0 Å². The van der Waals surface area contributed by atoms with Crippen molar-refractivity contribution in [3.63, 3.8) is 0 Å². The van der Waals surface area contributed by atoms with E-state index >= 15 is 0 Å². The Bertz CT molecular complexity index is 1200. The van der Waals surface area contributed by atoms with Crippen LogP contribution in [0.5, 0.6) is 0 Å². The Labute approximate surface area is 178 Å². The van der Waals surface area contributed by atoms with E-state index in [9.17, 15) is 14.0 Å². The predicted octanol–water partition coefficient (Wildman–Crippen LogP) is 5.49. The Balaban J connectivity index is 1.84. The molecule has 3 aromatic rings. The van der Waals surface area contributed by atoms with Gasteiger partial charge in [-0.05, 0) is 73.0 Å². The van der Waals surface area contributed by atoms with Gasteiger partial charge in [-0.1, -0.05) is 35.9 Å². The van der Waals surface area contributed by atoms with Crippen molar-refractivity contribution in [3.05, 3.63) is 100.0 Å². The van der Waals surface area contributed by atoms with Gasteiger partial charge in [0.15, 0.2) is 0 Å². The molecule has 1 N–H and O–H groups in total. The molecule has 0 bridgehead atoms. The number of carbonyl (C=O) groups is 2. The Hall–Kier alpha value is -3.44. The van der Waals surface area contributed by atoms with Crippen LogP contribution in [0.25, 0.3) is 5.57 Å². The lowest BCUT2D eigenvalue weighted by molar-refractivity contribution is -0.120. The number of carbonyl (C=O) groups excluding carboxylic acids is 2. The molecular weight excluding hydrogens is 403 g/mol. The first-order chi connectivity index (χ1) is 14.3. The van der Waals surface area contributed by atoms with Crippen LogP contribution in [0.15, 0.2) is 72.4 Å². The second-order valence-electron chi connectivity index (χ2n) is 7.13. The highest BCUT2D eigenvalue weighted by atomic mass is 35.5. The van der Waals surface area contributed by atoms with Crippen LogP contribution in [0.2, 0.25) is 5.02 Å². The fourth-order valence-corrected chi connectivity index (χ4v) is 3.71. The van der Waals surface area contributed by atoms with Gasteiger partial charge in [-0.25, -0.2) is 9.29 Å². The van der Waals surface area contributed by atoms with Crippen molar-refractivity contribution in [2.75, 3.05) is 10.2 Å². The lowest BCUT2D eigenvalue weighted by atomic mass is 10.0. The molecule has 0 saturated carbocycles. The lowest BCUT2D eigenvalue weighted by Gasteiger charge is -2.18. The van der Waals surface area contributed by atoms with Crippen molar-refractivity contribution in [1.82, 2.24) is 0 Å². The zero-order valence-electron chi connectivity index (χ0n) is 16.4. The van der Waals surface area contributed by atoms with Gasteiger partial charge in [0.2, 0.25) is 0 Å². The highest BCUT2D eigenvalue weighted by molar-refractivity contribution is 6.46. The van der Waals surface area contributed by atoms with Gasteiger partial charge in [0.1, 0.15) is 11.5 Å². The topological polar surface area (TPSA) is 49.4 Å². The average molecular weight is 421 g/mol. The summed E-state index contributed by atoms with van der Waals surface area (Å²) in [6.07, 6.45) is 0. The number of nitrogens with zero attached hydrogens (tertiary/aromatic N) is 1. The monoisotopic (exact) mass is 420 g/mol. The molecule has 150 valence electrons. The molecule has 0 aliphatic carbocycles. The summed E-state index contributed by atoms with van der Waals surface area (Å²) in [5.41, 5.74) is 3.63. The van der Waals surface area contributed by atoms with Crippen LogP contribution < -0.4 is 10.2 Å². The van der Waals surface area contributed by atoms with E-state index in [4.69, 9.17) is 11.6 Å². The largest absolute Gasteiger partial charge is 0.350 e. The fraction of sp³-hybridized carbons (Fsp3) is 0.0833. The molecule has 0 atom stereocenters. The first-order valence-electron chi connectivity index (χ1n) is 9.34. The minimum absolute atomic E-state index is 0.145. The number of hydrogen-bond donors (Lipinski definition) is 1. The van der Waals surface area contributed by atoms with Crippen LogP contribution in [-0.4, -0.2) is 11.8 Å². The molecule has 3 aromatic carbocycles. The summed E-state index contributed by atoms with van der Waals surface area (Å²) in [4.78, 5) is 27.9. The average Bonchev–Trinajstić information content (AvgIpc) is 2.93. The second-order valence-corrected chi connectivity index (χ2v) is 7.56. The highest BCUT2D eigenvalue weighted by Crippen LogP contribution is 2.35. The summed E-state index contributed by atoms with van der Waals surface area (Å²) >= 11 is 6.04. The second kappa shape index (κ2) is 7.76. The summed E-state index contributed by atoms with van der Waals surface area (Å²) in [6.45, 7) is 3.72. The molecular formula is C24H18ClFN2O2. The van der Waals surface area contributed by atoms with Crippen LogP contribution in [0, 0.1) is 19.7 Å². The van der Waals surface area contributed by atoms with E-state index < -0.39 is 17.6 Å². The number of anilines is 2. The minimum atomic E-state index is -0.480. The molecule has 0 spiro atoms. The third-order valence-corrected chi connectivity index (χ3v) is 5.14. The number of imide groups is 1. The third-order valence-electron chi connectivity index (χ3n) is 4.90. The van der Waals surface area contributed by atoms with E-state index in [0.717, 1.165) is 10.5 Å². The van der Waals surface area contributed by atoms with E-state index in [0.29, 0.717) is 27.5 Å². The number of benzene rings is 3. The maximum absolute atomic E-state index is 13.5. The standard InChI is InChI=1S/C24H18ClFN2O2/c1-14-4-3-5-19(12-14)27-22-21(16-6-9-18(26)10-7-16)23(29)28(24(22)30)20-11-8-17(25)13-15(20)2/h3-13,27H,1-2H3. The van der Waals surface area contributed by atoms with Crippen LogP contribution >= 0.6 is 11.6 Å². The highest BCUT2D eigenvalue weighted by Gasteiger charge is 2.40. The first-order valence-corrected chi connectivity index (χ1v) is 9.72. The molecule has 0 fully saturated rings. The summed E-state index contributed by atoms with van der Waals surface area (Å²) in [5, 5.41) is 3.62. The van der Waals surface area contributed by atoms with Gasteiger partial charge in [-0.15, -0.1) is 0 Å². The summed E-state index contributed by atoms with van der Waals surface area (Å²) in [6, 6.07) is 18.0. The van der Waals surface area contributed by atoms with Gasteiger partial charge in [0.25, 0.3) is 11.8 Å². The van der Waals surface area contributed by atoms with Gasteiger partial charge >= 0.3 is 0 Å². The molecule has 0 aromatic heterocycles. The van der Waals surface area contributed by atoms with Crippen molar-refractivity contribution in [1.29, 1.82) is 0 Å². The van der Waals surface area contributed by atoms with Gasteiger partial charge in [0, 0.05) is 10.7 Å². The van der Waals surface area contributed by atoms with E-state index in [2.05, 4.69) is 5.32 Å². The number of aryl methyl sites for hydroxylation is 2. The van der Waals surface area contributed by atoms with Gasteiger partial charge in [0.05, 0.1) is 11.3 Å². The third kappa shape index (κ3) is 3.60. The predicted molar refractivity (Wildman–Crippen MR) is 117 cm³/mol. The number of nitrogens with one attached hydrogen (secondary N) is 1. The van der Waals surface area contributed by atoms with Crippen molar-refractivity contribution in [2.24, 2.45) is 0 Å². The normalized spacial score (nSPS) is 13.9. The van der Waals surface area contributed by atoms with E-state index in [1.165, 1.54) is 24.3 Å². The molecule has 4 rings (SSSR count). The van der Waals surface area contributed by atoms with Gasteiger partial charge in [-0.3, -0.25) is 9.59 Å². The SMILES string of the molecule is Cc1cccc(NC2=C(c3ccc(F)cc3)C(=O)N(c3ccc(Cl)cc3C)C2=O)c1. The molecule has 30 heavy (non-hydrogen) atoms. The van der Waals surface area contributed by atoms with Crippen LogP contribution in [-0.2, 0) is 9.59 Å². The van der Waals surface area contributed by atoms with Crippen LogP contribution in [0.1, 0.15) is 16.7 Å². The van der Waals surface area contributed by atoms with Gasteiger partial charge in [-0.2, -0.15) is 0 Å². The van der Waals surface area contributed by atoms with Crippen molar-refractivity contribution in [3.8, 4) is 0 Å². The Kier molecular flexibility index (Phi) is 5.14. The van der Waals surface area contributed by atoms with Crippen molar-refractivity contribution in [2.45, 2.75) is 13.8 Å². The number of halogens is 2. The molecule has 0 saturated heterocycles. The van der Waals surface area contributed by atoms with E-state index in [1.807, 2.05) is 31.2 Å². The lowest BCUT2D eigenvalue weighted by Crippen LogP contribution is -2.33. The molecule has 2 amide bonds. The Morgan fingerprint density at radius 2 is 1.63 bits per heavy atom. The summed E-state index contributed by atoms with van der Waals surface area (Å²) in [7, 11) is 0. The number of amides is 2. The number of hydrogen-bond acceptors (Lipinski definition) is 3.